The Labute approximate surface area is 168 Å². The Balaban J connectivity index is 1.60. The van der Waals surface area contributed by atoms with Crippen LogP contribution in [0.1, 0.15) is 16.1 Å². The molecule has 0 bridgehead atoms. The standard InChI is InChI=1S/C20H18ClN3O3S/c21-16-6-8-18(9-7-16)24-28(26,27)19-10-4-15(5-11-19)20(25)23-14-12-17-3-1-2-13-22-17/h1-11,13,24H,12,14H2,(H,23,25). The molecule has 1 aromatic heterocycles. The van der Waals surface area contributed by atoms with E-state index in [2.05, 4.69) is 15.0 Å². The molecule has 144 valence electrons. The van der Waals surface area contributed by atoms with Crippen LogP contribution in [-0.2, 0) is 16.4 Å². The van der Waals surface area contributed by atoms with Crippen molar-refractivity contribution < 1.29 is 13.2 Å². The molecule has 0 saturated carbocycles. The third kappa shape index (κ3) is 5.31. The van der Waals surface area contributed by atoms with Gasteiger partial charge in [-0.1, -0.05) is 17.7 Å². The van der Waals surface area contributed by atoms with Crippen molar-refractivity contribution in [2.75, 3.05) is 11.3 Å². The van der Waals surface area contributed by atoms with Gasteiger partial charge in [0.1, 0.15) is 0 Å². The Hall–Kier alpha value is -2.90. The van der Waals surface area contributed by atoms with Crippen molar-refractivity contribution >= 4 is 33.2 Å². The number of halogens is 1. The van der Waals surface area contributed by atoms with E-state index in [1.165, 1.54) is 24.3 Å². The zero-order chi connectivity index (χ0) is 20.0. The Kier molecular flexibility index (Phi) is 6.28. The molecule has 0 atom stereocenters. The van der Waals surface area contributed by atoms with E-state index in [1.54, 1.807) is 30.5 Å². The van der Waals surface area contributed by atoms with Gasteiger partial charge in [-0.3, -0.25) is 14.5 Å². The molecule has 28 heavy (non-hydrogen) atoms. The minimum absolute atomic E-state index is 0.0625. The Morgan fingerprint density at radius 2 is 1.68 bits per heavy atom. The van der Waals surface area contributed by atoms with Gasteiger partial charge >= 0.3 is 0 Å². The van der Waals surface area contributed by atoms with Gasteiger partial charge in [0, 0.05) is 41.1 Å². The highest BCUT2D eigenvalue weighted by Gasteiger charge is 2.15. The highest BCUT2D eigenvalue weighted by Crippen LogP contribution is 2.18. The van der Waals surface area contributed by atoms with E-state index in [9.17, 15) is 13.2 Å². The Bertz CT molecular complexity index is 1040. The molecule has 0 saturated heterocycles. The number of pyridine rings is 1. The number of nitrogens with one attached hydrogen (secondary N) is 2. The number of carbonyl (C=O) groups excluding carboxylic acids is 1. The molecule has 0 fully saturated rings. The first-order valence-electron chi connectivity index (χ1n) is 8.51. The number of amides is 1. The first kappa shape index (κ1) is 19.9. The summed E-state index contributed by atoms with van der Waals surface area (Å²) in [6.45, 7) is 0.439. The van der Waals surface area contributed by atoms with Crippen LogP contribution < -0.4 is 10.0 Å². The lowest BCUT2D eigenvalue weighted by atomic mass is 10.2. The van der Waals surface area contributed by atoms with E-state index in [4.69, 9.17) is 11.6 Å². The number of rotatable bonds is 7. The number of benzene rings is 2. The summed E-state index contributed by atoms with van der Waals surface area (Å²) in [7, 11) is -3.75. The monoisotopic (exact) mass is 415 g/mol. The van der Waals surface area contributed by atoms with Crippen LogP contribution in [0.3, 0.4) is 0 Å². The molecule has 0 radical (unpaired) electrons. The maximum absolute atomic E-state index is 12.4. The molecule has 1 amide bonds. The molecule has 0 aliphatic heterocycles. The third-order valence-corrected chi connectivity index (χ3v) is 5.57. The highest BCUT2D eigenvalue weighted by molar-refractivity contribution is 7.92. The van der Waals surface area contributed by atoms with E-state index in [-0.39, 0.29) is 10.8 Å². The molecule has 0 unspecified atom stereocenters. The van der Waals surface area contributed by atoms with Crippen molar-refractivity contribution in [3.05, 3.63) is 89.2 Å². The predicted octanol–water partition coefficient (Wildman–Crippen LogP) is 3.51. The van der Waals surface area contributed by atoms with Gasteiger partial charge in [0.15, 0.2) is 0 Å². The van der Waals surface area contributed by atoms with Gasteiger partial charge in [-0.15, -0.1) is 0 Å². The zero-order valence-electron chi connectivity index (χ0n) is 14.8. The van der Waals surface area contributed by atoms with E-state index < -0.39 is 10.0 Å². The van der Waals surface area contributed by atoms with Crippen LogP contribution in [0.4, 0.5) is 5.69 Å². The van der Waals surface area contributed by atoms with Crippen molar-refractivity contribution in [1.82, 2.24) is 10.3 Å². The number of sulfonamides is 1. The lowest BCUT2D eigenvalue weighted by molar-refractivity contribution is 0.0954. The summed E-state index contributed by atoms with van der Waals surface area (Å²) in [6.07, 6.45) is 2.32. The summed E-state index contributed by atoms with van der Waals surface area (Å²) in [5.74, 6) is -0.273. The molecule has 3 aromatic rings. The summed E-state index contributed by atoms with van der Waals surface area (Å²) in [4.78, 5) is 16.5. The normalized spacial score (nSPS) is 11.0. The summed E-state index contributed by atoms with van der Waals surface area (Å²) >= 11 is 5.80. The summed E-state index contributed by atoms with van der Waals surface area (Å²) in [6, 6.07) is 17.7. The van der Waals surface area contributed by atoms with Gasteiger partial charge in [-0.2, -0.15) is 0 Å². The average molecular weight is 416 g/mol. The maximum atomic E-state index is 12.4. The van der Waals surface area contributed by atoms with E-state index in [0.717, 1.165) is 5.69 Å². The second kappa shape index (κ2) is 8.86. The number of anilines is 1. The lowest BCUT2D eigenvalue weighted by Crippen LogP contribution is -2.26. The lowest BCUT2D eigenvalue weighted by Gasteiger charge is -2.09. The number of hydrogen-bond donors (Lipinski definition) is 2. The molecule has 0 aliphatic carbocycles. The Morgan fingerprint density at radius 1 is 0.964 bits per heavy atom. The fourth-order valence-electron chi connectivity index (χ4n) is 2.47. The van der Waals surface area contributed by atoms with Crippen LogP contribution in [0.25, 0.3) is 0 Å². The van der Waals surface area contributed by atoms with Crippen molar-refractivity contribution in [1.29, 1.82) is 0 Å². The zero-order valence-corrected chi connectivity index (χ0v) is 16.4. The van der Waals surface area contributed by atoms with Crippen LogP contribution in [-0.4, -0.2) is 25.9 Å². The number of carbonyl (C=O) groups is 1. The second-order valence-electron chi connectivity index (χ2n) is 5.96. The van der Waals surface area contributed by atoms with E-state index in [0.29, 0.717) is 29.2 Å². The average Bonchev–Trinajstić information content (AvgIpc) is 2.70. The fraction of sp³-hybridized carbons (Fsp3) is 0.100. The van der Waals surface area contributed by atoms with Crippen LogP contribution in [0, 0.1) is 0 Å². The van der Waals surface area contributed by atoms with Crippen molar-refractivity contribution in [2.24, 2.45) is 0 Å². The largest absolute Gasteiger partial charge is 0.352 e. The summed E-state index contributed by atoms with van der Waals surface area (Å²) in [5, 5.41) is 3.31. The van der Waals surface area contributed by atoms with Crippen molar-refractivity contribution in [3.63, 3.8) is 0 Å². The van der Waals surface area contributed by atoms with E-state index in [1.807, 2.05) is 18.2 Å². The van der Waals surface area contributed by atoms with Crippen LogP contribution in [0.5, 0.6) is 0 Å². The summed E-state index contributed by atoms with van der Waals surface area (Å²) in [5.41, 5.74) is 1.67. The first-order chi connectivity index (χ1) is 13.4. The smallest absolute Gasteiger partial charge is 0.261 e. The third-order valence-electron chi connectivity index (χ3n) is 3.92. The van der Waals surface area contributed by atoms with Gasteiger partial charge in [-0.05, 0) is 60.7 Å². The molecule has 1 heterocycles. The first-order valence-corrected chi connectivity index (χ1v) is 10.4. The molecular formula is C20H18ClN3O3S. The van der Waals surface area contributed by atoms with Crippen LogP contribution in [0.2, 0.25) is 5.02 Å². The maximum Gasteiger partial charge on any atom is 0.261 e. The quantitative estimate of drug-likeness (QED) is 0.618. The minimum Gasteiger partial charge on any atom is -0.352 e. The number of aromatic nitrogens is 1. The minimum atomic E-state index is -3.75. The Morgan fingerprint density at radius 3 is 2.32 bits per heavy atom. The molecule has 0 spiro atoms. The van der Waals surface area contributed by atoms with E-state index >= 15 is 0 Å². The molecule has 8 heteroatoms. The molecular weight excluding hydrogens is 398 g/mol. The number of nitrogens with zero attached hydrogens (tertiary/aromatic N) is 1. The molecule has 2 aromatic carbocycles. The van der Waals surface area contributed by atoms with Gasteiger partial charge in [0.05, 0.1) is 4.90 Å². The highest BCUT2D eigenvalue weighted by atomic mass is 35.5. The van der Waals surface area contributed by atoms with Crippen LogP contribution in [0.15, 0.2) is 77.8 Å². The fourth-order valence-corrected chi connectivity index (χ4v) is 3.65. The molecule has 2 N–H and O–H groups in total. The topological polar surface area (TPSA) is 88.2 Å². The van der Waals surface area contributed by atoms with Crippen molar-refractivity contribution in [3.8, 4) is 0 Å². The summed E-state index contributed by atoms with van der Waals surface area (Å²) < 4.78 is 27.4. The number of hydrogen-bond acceptors (Lipinski definition) is 4. The second-order valence-corrected chi connectivity index (χ2v) is 8.08. The van der Waals surface area contributed by atoms with Gasteiger partial charge < -0.3 is 5.32 Å². The molecule has 6 nitrogen and oxygen atoms in total. The van der Waals surface area contributed by atoms with Crippen LogP contribution >= 0.6 is 11.6 Å². The van der Waals surface area contributed by atoms with Gasteiger partial charge in [0.25, 0.3) is 15.9 Å². The molecule has 0 aliphatic rings. The predicted molar refractivity (Wildman–Crippen MR) is 109 cm³/mol. The van der Waals surface area contributed by atoms with Gasteiger partial charge in [0.2, 0.25) is 0 Å². The molecule has 3 rings (SSSR count). The van der Waals surface area contributed by atoms with Crippen molar-refractivity contribution in [2.45, 2.75) is 11.3 Å². The van der Waals surface area contributed by atoms with Gasteiger partial charge in [-0.25, -0.2) is 8.42 Å². The SMILES string of the molecule is O=C(NCCc1ccccn1)c1ccc(S(=O)(=O)Nc2ccc(Cl)cc2)cc1.